The lowest BCUT2D eigenvalue weighted by Gasteiger charge is -2.07. The Kier molecular flexibility index (Phi) is 2.78. The van der Waals surface area contributed by atoms with E-state index in [1.165, 1.54) is 6.20 Å². The number of nitrogens with one attached hydrogen (secondary N) is 1. The summed E-state index contributed by atoms with van der Waals surface area (Å²) in [5, 5.41) is 12.2. The lowest BCUT2D eigenvalue weighted by atomic mass is 10.3. The minimum atomic E-state index is 0.121. The second kappa shape index (κ2) is 4.24. The summed E-state index contributed by atoms with van der Waals surface area (Å²) in [5.41, 5.74) is 6.82. The van der Waals surface area contributed by atoms with Crippen LogP contribution in [0, 0.1) is 0 Å². The second-order valence-corrected chi connectivity index (χ2v) is 3.45. The van der Waals surface area contributed by atoms with E-state index in [1.807, 2.05) is 0 Å². The fourth-order valence-electron chi connectivity index (χ4n) is 1.15. The minimum absolute atomic E-state index is 0.121. The molecule has 0 radical (unpaired) electrons. The third-order valence-electron chi connectivity index (χ3n) is 1.92. The van der Waals surface area contributed by atoms with E-state index in [0.717, 1.165) is 5.69 Å². The molecular weight excluding hydrogens is 228 g/mol. The number of aromatic hydroxyl groups is 1. The van der Waals surface area contributed by atoms with Crippen molar-refractivity contribution in [3.63, 3.8) is 0 Å². The number of nitrogen functional groups attached to an aromatic ring is 1. The van der Waals surface area contributed by atoms with Gasteiger partial charge in [-0.25, -0.2) is 4.98 Å². The van der Waals surface area contributed by atoms with Crippen LogP contribution >= 0.6 is 11.6 Å². The van der Waals surface area contributed by atoms with Gasteiger partial charge in [0.2, 0.25) is 5.28 Å². The minimum Gasteiger partial charge on any atom is -0.508 e. The van der Waals surface area contributed by atoms with Crippen molar-refractivity contribution in [1.82, 2.24) is 9.97 Å². The van der Waals surface area contributed by atoms with E-state index in [-0.39, 0.29) is 11.0 Å². The molecule has 0 amide bonds. The SMILES string of the molecule is Nc1cnc(Cl)nc1Nc1ccc(O)cc1. The van der Waals surface area contributed by atoms with Gasteiger partial charge in [0.1, 0.15) is 5.75 Å². The maximum Gasteiger partial charge on any atom is 0.224 e. The van der Waals surface area contributed by atoms with Gasteiger partial charge in [0.25, 0.3) is 0 Å². The van der Waals surface area contributed by atoms with Gasteiger partial charge < -0.3 is 16.2 Å². The average Bonchev–Trinajstić information content (AvgIpc) is 2.27. The lowest BCUT2D eigenvalue weighted by Crippen LogP contribution is -2.00. The number of nitrogens with two attached hydrogens (primary N) is 1. The molecular formula is C10H9ClN4O. The molecule has 0 aliphatic carbocycles. The number of phenolic OH excluding ortho intramolecular Hbond substituents is 1. The summed E-state index contributed by atoms with van der Waals surface area (Å²) in [6.45, 7) is 0. The van der Waals surface area contributed by atoms with E-state index in [1.54, 1.807) is 24.3 Å². The number of nitrogens with zero attached hydrogens (tertiary/aromatic N) is 2. The molecule has 0 aliphatic rings. The summed E-state index contributed by atoms with van der Waals surface area (Å²) < 4.78 is 0. The largest absolute Gasteiger partial charge is 0.508 e. The van der Waals surface area contributed by atoms with Crippen molar-refractivity contribution in [3.05, 3.63) is 35.7 Å². The molecule has 0 aliphatic heterocycles. The molecule has 82 valence electrons. The normalized spacial score (nSPS) is 10.1. The van der Waals surface area contributed by atoms with E-state index >= 15 is 0 Å². The van der Waals surface area contributed by atoms with Gasteiger partial charge in [-0.3, -0.25) is 0 Å². The van der Waals surface area contributed by atoms with Crippen molar-refractivity contribution >= 4 is 28.8 Å². The first-order valence-electron chi connectivity index (χ1n) is 4.49. The molecule has 16 heavy (non-hydrogen) atoms. The maximum absolute atomic E-state index is 9.12. The van der Waals surface area contributed by atoms with Crippen LogP contribution in [-0.4, -0.2) is 15.1 Å². The van der Waals surface area contributed by atoms with Crippen LogP contribution in [0.4, 0.5) is 17.2 Å². The summed E-state index contributed by atoms with van der Waals surface area (Å²) in [6.07, 6.45) is 1.43. The molecule has 0 fully saturated rings. The Morgan fingerprint density at radius 2 is 1.94 bits per heavy atom. The first-order valence-corrected chi connectivity index (χ1v) is 4.87. The van der Waals surface area contributed by atoms with Crippen LogP contribution in [0.2, 0.25) is 5.28 Å². The molecule has 0 atom stereocenters. The molecule has 0 spiro atoms. The van der Waals surface area contributed by atoms with Crippen LogP contribution in [0.3, 0.4) is 0 Å². The highest BCUT2D eigenvalue weighted by Gasteiger charge is 2.03. The van der Waals surface area contributed by atoms with Crippen molar-refractivity contribution in [2.24, 2.45) is 0 Å². The smallest absolute Gasteiger partial charge is 0.224 e. The Hall–Kier alpha value is -2.01. The number of halogens is 1. The van der Waals surface area contributed by atoms with Gasteiger partial charge in [-0.05, 0) is 35.9 Å². The van der Waals surface area contributed by atoms with E-state index in [2.05, 4.69) is 15.3 Å². The van der Waals surface area contributed by atoms with Crippen LogP contribution in [0.25, 0.3) is 0 Å². The van der Waals surface area contributed by atoms with Crippen molar-refractivity contribution in [1.29, 1.82) is 0 Å². The average molecular weight is 237 g/mol. The second-order valence-electron chi connectivity index (χ2n) is 3.11. The predicted molar refractivity (Wildman–Crippen MR) is 62.8 cm³/mol. The Balaban J connectivity index is 2.26. The summed E-state index contributed by atoms with van der Waals surface area (Å²) in [5.74, 6) is 0.630. The molecule has 2 rings (SSSR count). The summed E-state index contributed by atoms with van der Waals surface area (Å²) in [6, 6.07) is 6.51. The molecule has 0 saturated carbocycles. The summed E-state index contributed by atoms with van der Waals surface area (Å²) >= 11 is 5.65. The van der Waals surface area contributed by atoms with Crippen molar-refractivity contribution in [3.8, 4) is 5.75 Å². The fraction of sp³-hybridized carbons (Fsp3) is 0. The Morgan fingerprint density at radius 1 is 1.25 bits per heavy atom. The number of rotatable bonds is 2. The summed E-state index contributed by atoms with van der Waals surface area (Å²) in [4.78, 5) is 7.69. The van der Waals surface area contributed by atoms with E-state index in [0.29, 0.717) is 11.5 Å². The highest BCUT2D eigenvalue weighted by atomic mass is 35.5. The molecule has 1 aromatic heterocycles. The van der Waals surface area contributed by atoms with Crippen molar-refractivity contribution in [2.75, 3.05) is 11.1 Å². The number of hydrogen-bond donors (Lipinski definition) is 3. The molecule has 2 aromatic rings. The Morgan fingerprint density at radius 3 is 2.62 bits per heavy atom. The third-order valence-corrected chi connectivity index (χ3v) is 2.10. The number of phenols is 1. The van der Waals surface area contributed by atoms with Gasteiger partial charge in [0, 0.05) is 5.69 Å². The van der Waals surface area contributed by atoms with E-state index < -0.39 is 0 Å². The van der Waals surface area contributed by atoms with E-state index in [9.17, 15) is 0 Å². The number of anilines is 3. The highest BCUT2D eigenvalue weighted by Crippen LogP contribution is 2.22. The van der Waals surface area contributed by atoms with Gasteiger partial charge in [-0.2, -0.15) is 4.98 Å². The zero-order valence-corrected chi connectivity index (χ0v) is 8.94. The molecule has 0 saturated heterocycles. The zero-order chi connectivity index (χ0) is 11.5. The van der Waals surface area contributed by atoms with Gasteiger partial charge >= 0.3 is 0 Å². The van der Waals surface area contributed by atoms with Crippen LogP contribution in [0.15, 0.2) is 30.5 Å². The molecule has 5 nitrogen and oxygen atoms in total. The number of benzene rings is 1. The highest BCUT2D eigenvalue weighted by molar-refractivity contribution is 6.28. The monoisotopic (exact) mass is 236 g/mol. The van der Waals surface area contributed by atoms with Crippen LogP contribution < -0.4 is 11.1 Å². The fourth-order valence-corrected chi connectivity index (χ4v) is 1.28. The van der Waals surface area contributed by atoms with Crippen LogP contribution in [0.1, 0.15) is 0 Å². The van der Waals surface area contributed by atoms with Crippen LogP contribution in [0.5, 0.6) is 5.75 Å². The van der Waals surface area contributed by atoms with Crippen LogP contribution in [-0.2, 0) is 0 Å². The molecule has 6 heteroatoms. The number of aromatic nitrogens is 2. The Bertz CT molecular complexity index is 501. The predicted octanol–water partition coefficient (Wildman–Crippen LogP) is 2.16. The molecule has 4 N–H and O–H groups in total. The molecule has 1 aromatic carbocycles. The molecule has 0 bridgehead atoms. The van der Waals surface area contributed by atoms with Gasteiger partial charge in [0.05, 0.1) is 11.9 Å². The first kappa shape index (κ1) is 10.5. The number of hydrogen-bond acceptors (Lipinski definition) is 5. The standard InChI is InChI=1S/C10H9ClN4O/c11-10-13-5-8(12)9(15-10)14-6-1-3-7(16)4-2-6/h1-5,16H,12H2,(H,13,14,15). The molecule has 0 unspecified atom stereocenters. The van der Waals surface area contributed by atoms with Crippen molar-refractivity contribution < 1.29 is 5.11 Å². The lowest BCUT2D eigenvalue weighted by molar-refractivity contribution is 0.475. The first-order chi connectivity index (χ1) is 7.65. The zero-order valence-electron chi connectivity index (χ0n) is 8.18. The van der Waals surface area contributed by atoms with Gasteiger partial charge in [-0.1, -0.05) is 0 Å². The van der Waals surface area contributed by atoms with Gasteiger partial charge in [-0.15, -0.1) is 0 Å². The summed E-state index contributed by atoms with van der Waals surface area (Å²) in [7, 11) is 0. The Labute approximate surface area is 96.9 Å². The van der Waals surface area contributed by atoms with Gasteiger partial charge in [0.15, 0.2) is 5.82 Å². The van der Waals surface area contributed by atoms with E-state index in [4.69, 9.17) is 22.4 Å². The third kappa shape index (κ3) is 2.32. The maximum atomic E-state index is 9.12. The van der Waals surface area contributed by atoms with Crippen molar-refractivity contribution in [2.45, 2.75) is 0 Å². The topological polar surface area (TPSA) is 84.1 Å². The molecule has 1 heterocycles. The quantitative estimate of drug-likeness (QED) is 0.550.